The second-order valence-corrected chi connectivity index (χ2v) is 13.0. The Kier molecular flexibility index (Phi) is 8.90. The lowest BCUT2D eigenvalue weighted by Gasteiger charge is -2.28. The number of methoxy groups -OCH3 is 2. The van der Waals surface area contributed by atoms with Crippen molar-refractivity contribution >= 4 is 48.9 Å². The molecule has 0 spiro atoms. The molecule has 0 radical (unpaired) electrons. The van der Waals surface area contributed by atoms with Crippen LogP contribution in [0, 0.1) is 0 Å². The quantitative estimate of drug-likeness (QED) is 0.333. The summed E-state index contributed by atoms with van der Waals surface area (Å²) in [6.45, 7) is 0.436. The largest absolute Gasteiger partial charge is 0.493 e. The van der Waals surface area contributed by atoms with Gasteiger partial charge in [0.1, 0.15) is 0 Å². The van der Waals surface area contributed by atoms with Gasteiger partial charge in [0.05, 0.1) is 41.4 Å². The van der Waals surface area contributed by atoms with E-state index in [9.17, 15) is 26.7 Å². The van der Waals surface area contributed by atoms with Crippen molar-refractivity contribution in [2.45, 2.75) is 28.7 Å². The molecule has 0 aliphatic carbocycles. The van der Waals surface area contributed by atoms with Gasteiger partial charge in [0.25, 0.3) is 15.9 Å². The molecule has 3 aromatic carbocycles. The minimum absolute atomic E-state index is 0.0458. The van der Waals surface area contributed by atoms with Gasteiger partial charge in [-0.1, -0.05) is 11.6 Å². The molecule has 214 valence electrons. The number of nitrogens with one attached hydrogen (secondary N) is 2. The predicted octanol–water partition coefficient (Wildman–Crippen LogP) is 3.56. The average Bonchev–Trinajstić information content (AvgIpc) is 2.93. The molecular weight excluding hydrogens is 582 g/mol. The molecule has 0 bridgehead atoms. The van der Waals surface area contributed by atoms with E-state index < -0.39 is 32.1 Å². The first-order valence-electron chi connectivity index (χ1n) is 12.1. The third-order valence-corrected chi connectivity index (χ3v) is 9.86. The van der Waals surface area contributed by atoms with Gasteiger partial charge in [0.15, 0.2) is 11.5 Å². The summed E-state index contributed by atoms with van der Waals surface area (Å²) in [6.07, 6.45) is 0.215. The van der Waals surface area contributed by atoms with Gasteiger partial charge < -0.3 is 19.9 Å². The number of hydrogen-bond acceptors (Lipinski definition) is 8. The molecule has 0 atom stereocenters. The van der Waals surface area contributed by atoms with E-state index in [1.807, 2.05) is 0 Å². The summed E-state index contributed by atoms with van der Waals surface area (Å²) in [7, 11) is -5.13. The van der Waals surface area contributed by atoms with Crippen LogP contribution in [0.15, 0.2) is 70.5 Å². The second-order valence-electron chi connectivity index (χ2n) is 8.93. The van der Waals surface area contributed by atoms with E-state index in [0.717, 1.165) is 0 Å². The van der Waals surface area contributed by atoms with Crippen molar-refractivity contribution in [3.63, 3.8) is 0 Å². The van der Waals surface area contributed by atoms with Gasteiger partial charge in [0, 0.05) is 29.9 Å². The summed E-state index contributed by atoms with van der Waals surface area (Å²) in [5, 5.41) is 12.7. The molecule has 0 aromatic heterocycles. The number of carbonyl (C=O) groups excluding carboxylic acids is 1. The van der Waals surface area contributed by atoms with Crippen LogP contribution >= 0.6 is 11.6 Å². The van der Waals surface area contributed by atoms with Gasteiger partial charge in [-0.3, -0.25) is 9.52 Å². The Bertz CT molecular complexity index is 1590. The van der Waals surface area contributed by atoms with Crippen molar-refractivity contribution in [2.24, 2.45) is 0 Å². The smallest absolute Gasteiger partial charge is 0.261 e. The van der Waals surface area contributed by atoms with Crippen LogP contribution in [0.3, 0.4) is 0 Å². The molecule has 3 aromatic rings. The number of rotatable bonds is 9. The van der Waals surface area contributed by atoms with Gasteiger partial charge >= 0.3 is 0 Å². The highest BCUT2D eigenvalue weighted by Crippen LogP contribution is 2.35. The number of hydrogen-bond donors (Lipinski definition) is 3. The molecule has 1 aliphatic rings. The van der Waals surface area contributed by atoms with E-state index in [1.165, 1.54) is 79.2 Å². The van der Waals surface area contributed by atoms with Crippen molar-refractivity contribution < 1.29 is 36.2 Å². The van der Waals surface area contributed by atoms with Crippen LogP contribution < -0.4 is 19.5 Å². The molecule has 40 heavy (non-hydrogen) atoms. The third kappa shape index (κ3) is 6.50. The normalized spacial score (nSPS) is 14.9. The number of carbonyl (C=O) groups is 1. The molecule has 14 heteroatoms. The average molecular weight is 610 g/mol. The Morgan fingerprint density at radius 2 is 1.45 bits per heavy atom. The highest BCUT2D eigenvalue weighted by Gasteiger charge is 2.29. The van der Waals surface area contributed by atoms with Gasteiger partial charge in [-0.2, -0.15) is 4.31 Å². The maximum atomic E-state index is 13.3. The van der Waals surface area contributed by atoms with Crippen LogP contribution in [0.5, 0.6) is 11.5 Å². The molecule has 1 heterocycles. The summed E-state index contributed by atoms with van der Waals surface area (Å²) in [4.78, 5) is 13.3. The Labute approximate surface area is 237 Å². The van der Waals surface area contributed by atoms with Crippen molar-refractivity contribution in [3.8, 4) is 11.5 Å². The summed E-state index contributed by atoms with van der Waals surface area (Å²) < 4.78 is 66.3. The fourth-order valence-corrected chi connectivity index (χ4v) is 6.78. The zero-order valence-electron chi connectivity index (χ0n) is 21.6. The molecule has 1 amide bonds. The standard InChI is InChI=1S/C26H28ClN3O8S2/c1-37-24-15-22(23(16-25(24)38-2)29-39(33,34)20-7-3-17(27)4-8-20)26(32)28-18-5-9-21(10-6-18)40(35,36)30-13-11-19(31)12-14-30/h3-10,15-16,19,29,31H,11-14H2,1-2H3,(H,28,32). The molecule has 1 fully saturated rings. The molecule has 0 unspecified atom stereocenters. The number of aliphatic hydroxyl groups is 1. The Morgan fingerprint density at radius 1 is 0.900 bits per heavy atom. The maximum Gasteiger partial charge on any atom is 0.261 e. The van der Waals surface area contributed by atoms with Crippen molar-refractivity contribution in [1.82, 2.24) is 4.31 Å². The number of sulfonamides is 2. The number of aliphatic hydroxyl groups excluding tert-OH is 1. The van der Waals surface area contributed by atoms with Crippen molar-refractivity contribution in [3.05, 3.63) is 71.2 Å². The Hall–Kier alpha value is -3.36. The highest BCUT2D eigenvalue weighted by molar-refractivity contribution is 7.92. The molecule has 1 aliphatic heterocycles. The zero-order valence-corrected chi connectivity index (χ0v) is 24.0. The van der Waals surface area contributed by atoms with Crippen molar-refractivity contribution in [2.75, 3.05) is 37.3 Å². The first kappa shape index (κ1) is 29.6. The number of anilines is 2. The topological polar surface area (TPSA) is 151 Å². The molecule has 1 saturated heterocycles. The van der Waals surface area contributed by atoms with Crippen LogP contribution in [0.4, 0.5) is 11.4 Å². The molecule has 4 rings (SSSR count). The maximum absolute atomic E-state index is 13.3. The predicted molar refractivity (Wildman–Crippen MR) is 150 cm³/mol. The molecule has 0 saturated carbocycles. The Morgan fingerprint density at radius 3 is 2.02 bits per heavy atom. The summed E-state index contributed by atoms with van der Waals surface area (Å²) in [5.41, 5.74) is 0.134. The Balaban J connectivity index is 1.60. The SMILES string of the molecule is COc1cc(NS(=O)(=O)c2ccc(Cl)cc2)c(C(=O)Nc2ccc(S(=O)(=O)N3CCC(O)CC3)cc2)cc1OC. The first-order chi connectivity index (χ1) is 18.9. The van der Waals surface area contributed by atoms with Gasteiger partial charge in [-0.15, -0.1) is 0 Å². The highest BCUT2D eigenvalue weighted by atomic mass is 35.5. The van der Waals surface area contributed by atoms with E-state index in [1.54, 1.807) is 0 Å². The number of nitrogens with zero attached hydrogens (tertiary/aromatic N) is 1. The van der Waals surface area contributed by atoms with Crippen LogP contribution in [-0.2, 0) is 20.0 Å². The number of piperidine rings is 1. The number of amides is 1. The van der Waals surface area contributed by atoms with Crippen LogP contribution in [-0.4, -0.2) is 65.6 Å². The first-order valence-corrected chi connectivity index (χ1v) is 15.4. The zero-order chi connectivity index (χ0) is 29.1. The second kappa shape index (κ2) is 12.0. The minimum atomic E-state index is -4.11. The lowest BCUT2D eigenvalue weighted by atomic mass is 10.1. The van der Waals surface area contributed by atoms with E-state index in [4.69, 9.17) is 21.1 Å². The van der Waals surface area contributed by atoms with E-state index in [-0.39, 0.29) is 51.3 Å². The molecule has 11 nitrogen and oxygen atoms in total. The van der Waals surface area contributed by atoms with Crippen LogP contribution in [0.2, 0.25) is 5.02 Å². The van der Waals surface area contributed by atoms with Gasteiger partial charge in [-0.25, -0.2) is 16.8 Å². The van der Waals surface area contributed by atoms with Crippen LogP contribution in [0.25, 0.3) is 0 Å². The van der Waals surface area contributed by atoms with Crippen LogP contribution in [0.1, 0.15) is 23.2 Å². The van der Waals surface area contributed by atoms with Gasteiger partial charge in [-0.05, 0) is 67.4 Å². The lowest BCUT2D eigenvalue weighted by molar-refractivity contribution is 0.102. The van der Waals surface area contributed by atoms with E-state index >= 15 is 0 Å². The fourth-order valence-electron chi connectivity index (χ4n) is 4.11. The number of halogens is 1. The lowest BCUT2D eigenvalue weighted by Crippen LogP contribution is -2.39. The number of ether oxygens (including phenoxy) is 2. The summed E-state index contributed by atoms with van der Waals surface area (Å²) in [6, 6.07) is 13.8. The fraction of sp³-hybridized carbons (Fsp3) is 0.269. The van der Waals surface area contributed by atoms with Gasteiger partial charge in [0.2, 0.25) is 10.0 Å². The number of benzene rings is 3. The minimum Gasteiger partial charge on any atom is -0.493 e. The third-order valence-electron chi connectivity index (χ3n) is 6.31. The summed E-state index contributed by atoms with van der Waals surface area (Å²) in [5.74, 6) is -0.307. The van der Waals surface area contributed by atoms with Crippen molar-refractivity contribution in [1.29, 1.82) is 0 Å². The molecular formula is C26H28ClN3O8S2. The van der Waals surface area contributed by atoms with E-state index in [0.29, 0.717) is 17.9 Å². The van der Waals surface area contributed by atoms with E-state index in [2.05, 4.69) is 10.0 Å². The molecule has 3 N–H and O–H groups in total. The monoisotopic (exact) mass is 609 g/mol. The summed E-state index contributed by atoms with van der Waals surface area (Å²) >= 11 is 5.87.